The van der Waals surface area contributed by atoms with Crippen LogP contribution in [-0.4, -0.2) is 18.6 Å². The predicted molar refractivity (Wildman–Crippen MR) is 65.5 cm³/mol. The molecule has 94 valence electrons. The van der Waals surface area contributed by atoms with Crippen LogP contribution in [0.2, 0.25) is 0 Å². The number of halogens is 1. The van der Waals surface area contributed by atoms with E-state index in [1.807, 2.05) is 0 Å². The van der Waals surface area contributed by atoms with Crippen LogP contribution < -0.4 is 5.32 Å². The summed E-state index contributed by atoms with van der Waals surface area (Å²) in [5.74, 6) is -0.720. The van der Waals surface area contributed by atoms with E-state index in [1.165, 1.54) is 12.1 Å². The van der Waals surface area contributed by atoms with Crippen molar-refractivity contribution in [2.45, 2.75) is 32.8 Å². The lowest BCUT2D eigenvalue weighted by molar-refractivity contribution is -0.153. The molecule has 0 aromatic heterocycles. The third-order valence-corrected chi connectivity index (χ3v) is 2.09. The number of benzene rings is 1. The van der Waals surface area contributed by atoms with Crippen molar-refractivity contribution in [3.8, 4) is 0 Å². The SMILES string of the molecule is CNc1ccc(F)cc1CC(=O)OC(C)(C)C. The summed E-state index contributed by atoms with van der Waals surface area (Å²) >= 11 is 0. The number of hydrogen-bond acceptors (Lipinski definition) is 3. The maximum absolute atomic E-state index is 13.1. The second-order valence-electron chi connectivity index (χ2n) is 4.81. The highest BCUT2D eigenvalue weighted by atomic mass is 19.1. The first kappa shape index (κ1) is 13.5. The lowest BCUT2D eigenvalue weighted by atomic mass is 10.1. The second kappa shape index (κ2) is 5.17. The zero-order valence-electron chi connectivity index (χ0n) is 10.6. The Hall–Kier alpha value is -1.58. The molecule has 0 aliphatic carbocycles. The molecule has 0 aliphatic heterocycles. The molecule has 3 nitrogen and oxygen atoms in total. The molecule has 0 bridgehead atoms. The standard InChI is InChI=1S/C13H18FNO2/c1-13(2,3)17-12(16)8-9-7-10(14)5-6-11(9)15-4/h5-7,15H,8H2,1-4H3. The normalized spacial score (nSPS) is 11.1. The second-order valence-corrected chi connectivity index (χ2v) is 4.81. The van der Waals surface area contributed by atoms with Crippen LogP contribution in [0.15, 0.2) is 18.2 Å². The largest absolute Gasteiger partial charge is 0.460 e. The molecule has 1 aromatic rings. The summed E-state index contributed by atoms with van der Waals surface area (Å²) in [6.07, 6.45) is 0.0607. The lowest BCUT2D eigenvalue weighted by Crippen LogP contribution is -2.25. The van der Waals surface area contributed by atoms with Crippen LogP contribution in [0.25, 0.3) is 0 Å². The Labute approximate surface area is 101 Å². The van der Waals surface area contributed by atoms with Crippen LogP contribution in [0.4, 0.5) is 10.1 Å². The van der Waals surface area contributed by atoms with Gasteiger partial charge in [0.15, 0.2) is 0 Å². The molecule has 4 heteroatoms. The fraction of sp³-hybridized carbons (Fsp3) is 0.462. The molecule has 17 heavy (non-hydrogen) atoms. The van der Waals surface area contributed by atoms with Gasteiger partial charge in [0.05, 0.1) is 6.42 Å². The number of carbonyl (C=O) groups is 1. The number of esters is 1. The molecular weight excluding hydrogens is 221 g/mol. The summed E-state index contributed by atoms with van der Waals surface area (Å²) in [5.41, 5.74) is 0.809. The van der Waals surface area contributed by atoms with Crippen LogP contribution in [-0.2, 0) is 16.0 Å². The Balaban J connectivity index is 2.80. The van der Waals surface area contributed by atoms with Crippen molar-refractivity contribution in [1.82, 2.24) is 0 Å². The Morgan fingerprint density at radius 2 is 2.06 bits per heavy atom. The maximum atomic E-state index is 13.1. The van der Waals surface area contributed by atoms with E-state index >= 15 is 0 Å². The first-order chi connectivity index (χ1) is 7.81. The number of anilines is 1. The predicted octanol–water partition coefficient (Wildman–Crippen LogP) is 2.75. The highest BCUT2D eigenvalue weighted by Gasteiger charge is 2.17. The third-order valence-electron chi connectivity index (χ3n) is 2.09. The van der Waals surface area contributed by atoms with Gasteiger partial charge in [0.2, 0.25) is 0 Å². The van der Waals surface area contributed by atoms with E-state index in [-0.39, 0.29) is 18.2 Å². The molecule has 1 N–H and O–H groups in total. The summed E-state index contributed by atoms with van der Waals surface area (Å²) in [4.78, 5) is 11.6. The minimum absolute atomic E-state index is 0.0607. The zero-order valence-corrected chi connectivity index (χ0v) is 10.6. The van der Waals surface area contributed by atoms with Crippen LogP contribution in [0.5, 0.6) is 0 Å². The number of hydrogen-bond donors (Lipinski definition) is 1. The quantitative estimate of drug-likeness (QED) is 0.824. The summed E-state index contributed by atoms with van der Waals surface area (Å²) in [6, 6.07) is 4.30. The molecule has 0 aliphatic rings. The molecule has 1 rings (SSSR count). The molecule has 0 radical (unpaired) electrons. The molecule has 0 amide bonds. The molecule has 0 atom stereocenters. The molecule has 0 unspecified atom stereocenters. The Morgan fingerprint density at radius 3 is 2.59 bits per heavy atom. The number of carbonyl (C=O) groups excluding carboxylic acids is 1. The first-order valence-corrected chi connectivity index (χ1v) is 5.50. The summed E-state index contributed by atoms with van der Waals surface area (Å²) in [6.45, 7) is 5.40. The number of nitrogens with one attached hydrogen (secondary N) is 1. The van der Waals surface area contributed by atoms with Gasteiger partial charge in [0.25, 0.3) is 0 Å². The number of ether oxygens (including phenoxy) is 1. The van der Waals surface area contributed by atoms with Crippen molar-refractivity contribution in [3.63, 3.8) is 0 Å². The molecule has 0 heterocycles. The Morgan fingerprint density at radius 1 is 1.41 bits per heavy atom. The maximum Gasteiger partial charge on any atom is 0.310 e. The van der Waals surface area contributed by atoms with Gasteiger partial charge in [-0.25, -0.2) is 4.39 Å². The molecule has 1 aromatic carbocycles. The van der Waals surface area contributed by atoms with Crippen molar-refractivity contribution in [2.75, 3.05) is 12.4 Å². The average molecular weight is 239 g/mol. The Kier molecular flexibility index (Phi) is 4.10. The van der Waals surface area contributed by atoms with Gasteiger partial charge in [-0.15, -0.1) is 0 Å². The van der Waals surface area contributed by atoms with Gasteiger partial charge >= 0.3 is 5.97 Å². The van der Waals surface area contributed by atoms with Gasteiger partial charge in [-0.3, -0.25) is 4.79 Å². The van der Waals surface area contributed by atoms with Gasteiger partial charge in [0.1, 0.15) is 11.4 Å². The minimum atomic E-state index is -0.524. The van der Waals surface area contributed by atoms with Crippen molar-refractivity contribution in [2.24, 2.45) is 0 Å². The fourth-order valence-electron chi connectivity index (χ4n) is 1.49. The van der Waals surface area contributed by atoms with Gasteiger partial charge in [-0.05, 0) is 44.5 Å². The van der Waals surface area contributed by atoms with Gasteiger partial charge in [-0.1, -0.05) is 0 Å². The average Bonchev–Trinajstić information content (AvgIpc) is 2.14. The van der Waals surface area contributed by atoms with Crippen LogP contribution in [0.1, 0.15) is 26.3 Å². The first-order valence-electron chi connectivity index (χ1n) is 5.50. The smallest absolute Gasteiger partial charge is 0.310 e. The molecule has 0 saturated carbocycles. The molecule has 0 spiro atoms. The molecular formula is C13H18FNO2. The van der Waals surface area contributed by atoms with Gasteiger partial charge < -0.3 is 10.1 Å². The fourth-order valence-corrected chi connectivity index (χ4v) is 1.49. The van der Waals surface area contributed by atoms with E-state index in [9.17, 15) is 9.18 Å². The zero-order chi connectivity index (χ0) is 13.1. The summed E-state index contributed by atoms with van der Waals surface area (Å²) < 4.78 is 18.3. The van der Waals surface area contributed by atoms with Gasteiger partial charge in [-0.2, -0.15) is 0 Å². The van der Waals surface area contributed by atoms with Crippen LogP contribution >= 0.6 is 0 Å². The van der Waals surface area contributed by atoms with E-state index in [1.54, 1.807) is 33.9 Å². The minimum Gasteiger partial charge on any atom is -0.460 e. The van der Waals surface area contributed by atoms with Gasteiger partial charge in [0, 0.05) is 12.7 Å². The van der Waals surface area contributed by atoms with Crippen molar-refractivity contribution < 1.29 is 13.9 Å². The topological polar surface area (TPSA) is 38.3 Å². The monoisotopic (exact) mass is 239 g/mol. The van der Waals surface area contributed by atoms with E-state index < -0.39 is 5.60 Å². The number of rotatable bonds is 3. The Bertz CT molecular complexity index is 410. The van der Waals surface area contributed by atoms with Crippen molar-refractivity contribution in [1.29, 1.82) is 0 Å². The highest BCUT2D eigenvalue weighted by Crippen LogP contribution is 2.18. The van der Waals surface area contributed by atoms with Crippen LogP contribution in [0.3, 0.4) is 0 Å². The van der Waals surface area contributed by atoms with E-state index in [0.717, 1.165) is 5.69 Å². The summed E-state index contributed by atoms with van der Waals surface area (Å²) in [7, 11) is 1.73. The summed E-state index contributed by atoms with van der Waals surface area (Å²) in [5, 5.41) is 2.92. The molecule has 0 saturated heterocycles. The van der Waals surface area contributed by atoms with Crippen molar-refractivity contribution >= 4 is 11.7 Å². The van der Waals surface area contributed by atoms with Crippen molar-refractivity contribution in [3.05, 3.63) is 29.6 Å². The highest BCUT2D eigenvalue weighted by molar-refractivity contribution is 5.75. The van der Waals surface area contributed by atoms with E-state index in [2.05, 4.69) is 5.32 Å². The van der Waals surface area contributed by atoms with E-state index in [4.69, 9.17) is 4.74 Å². The van der Waals surface area contributed by atoms with E-state index in [0.29, 0.717) is 5.56 Å². The molecule has 0 fully saturated rings. The third kappa shape index (κ3) is 4.43. The van der Waals surface area contributed by atoms with Crippen LogP contribution in [0, 0.1) is 5.82 Å². The lowest BCUT2D eigenvalue weighted by Gasteiger charge is -2.20.